The van der Waals surface area contributed by atoms with E-state index in [9.17, 15) is 9.59 Å². The van der Waals surface area contributed by atoms with Crippen LogP contribution >= 0.6 is 0 Å². The molecule has 1 heterocycles. The van der Waals surface area contributed by atoms with Crippen molar-refractivity contribution in [1.29, 1.82) is 0 Å². The maximum atomic E-state index is 12.4. The summed E-state index contributed by atoms with van der Waals surface area (Å²) in [5.74, 6) is 0.140. The number of aromatic amines is 1. The lowest BCUT2D eigenvalue weighted by Crippen LogP contribution is -2.26. The predicted molar refractivity (Wildman–Crippen MR) is 95.3 cm³/mol. The Kier molecular flexibility index (Phi) is 6.22. The van der Waals surface area contributed by atoms with E-state index in [4.69, 9.17) is 9.47 Å². The SMILES string of the molecule is CCOC(=O)c1c(C)[nH]c(C(=O)NCCc2ccccc2OC)c1C. The summed E-state index contributed by atoms with van der Waals surface area (Å²) in [5, 5.41) is 2.87. The Morgan fingerprint density at radius 3 is 2.60 bits per heavy atom. The molecule has 1 aromatic heterocycles. The number of nitrogens with one attached hydrogen (secondary N) is 2. The highest BCUT2D eigenvalue weighted by Crippen LogP contribution is 2.20. The Bertz CT molecular complexity index is 765. The fourth-order valence-electron chi connectivity index (χ4n) is 2.80. The van der Waals surface area contributed by atoms with Gasteiger partial charge >= 0.3 is 5.97 Å². The molecule has 0 aliphatic heterocycles. The summed E-state index contributed by atoms with van der Waals surface area (Å²) in [5.41, 5.74) is 3.07. The number of ether oxygens (including phenoxy) is 2. The molecule has 0 radical (unpaired) electrons. The van der Waals surface area contributed by atoms with Gasteiger partial charge in [-0.05, 0) is 44.4 Å². The van der Waals surface area contributed by atoms with Gasteiger partial charge in [-0.1, -0.05) is 18.2 Å². The van der Waals surface area contributed by atoms with Gasteiger partial charge in [-0.25, -0.2) is 4.79 Å². The molecule has 2 N–H and O–H groups in total. The molecule has 0 aliphatic carbocycles. The number of aryl methyl sites for hydroxylation is 1. The number of benzene rings is 1. The normalized spacial score (nSPS) is 10.4. The zero-order valence-corrected chi connectivity index (χ0v) is 15.1. The molecule has 2 aromatic rings. The number of carbonyl (C=O) groups excluding carboxylic acids is 2. The van der Waals surface area contributed by atoms with Crippen LogP contribution < -0.4 is 10.1 Å². The molecule has 1 amide bonds. The highest BCUT2D eigenvalue weighted by molar-refractivity contribution is 6.00. The van der Waals surface area contributed by atoms with Crippen LogP contribution in [-0.4, -0.2) is 37.1 Å². The van der Waals surface area contributed by atoms with Crippen molar-refractivity contribution in [2.75, 3.05) is 20.3 Å². The van der Waals surface area contributed by atoms with Crippen molar-refractivity contribution in [3.8, 4) is 5.75 Å². The first-order chi connectivity index (χ1) is 12.0. The Morgan fingerprint density at radius 2 is 1.92 bits per heavy atom. The first-order valence-corrected chi connectivity index (χ1v) is 8.25. The van der Waals surface area contributed by atoms with E-state index in [1.54, 1.807) is 27.9 Å². The van der Waals surface area contributed by atoms with Crippen LogP contribution in [-0.2, 0) is 11.2 Å². The van der Waals surface area contributed by atoms with Crippen molar-refractivity contribution in [2.24, 2.45) is 0 Å². The third-order valence-electron chi connectivity index (χ3n) is 4.02. The fourth-order valence-corrected chi connectivity index (χ4v) is 2.80. The maximum Gasteiger partial charge on any atom is 0.340 e. The zero-order valence-electron chi connectivity index (χ0n) is 15.1. The van der Waals surface area contributed by atoms with Gasteiger partial charge in [0, 0.05) is 12.2 Å². The standard InChI is InChI=1S/C19H24N2O4/c1-5-25-19(23)16-12(2)17(21-13(16)3)18(22)20-11-10-14-8-6-7-9-15(14)24-4/h6-9,21H,5,10-11H2,1-4H3,(H,20,22). The van der Waals surface area contributed by atoms with Crippen LogP contribution in [0.15, 0.2) is 24.3 Å². The summed E-state index contributed by atoms with van der Waals surface area (Å²) in [6.45, 7) is 6.01. The molecule has 1 aromatic carbocycles. The number of esters is 1. The van der Waals surface area contributed by atoms with Gasteiger partial charge in [0.1, 0.15) is 11.4 Å². The van der Waals surface area contributed by atoms with E-state index >= 15 is 0 Å². The lowest BCUT2D eigenvalue weighted by Gasteiger charge is -2.09. The van der Waals surface area contributed by atoms with Crippen molar-refractivity contribution in [2.45, 2.75) is 27.2 Å². The van der Waals surface area contributed by atoms with Crippen LogP contribution in [0.1, 0.15) is 44.6 Å². The van der Waals surface area contributed by atoms with Gasteiger partial charge in [-0.3, -0.25) is 4.79 Å². The highest BCUT2D eigenvalue weighted by Gasteiger charge is 2.22. The molecule has 0 saturated heterocycles. The molecule has 0 atom stereocenters. The second-order valence-corrected chi connectivity index (χ2v) is 5.66. The van der Waals surface area contributed by atoms with Gasteiger partial charge < -0.3 is 19.8 Å². The lowest BCUT2D eigenvalue weighted by atomic mass is 10.1. The average molecular weight is 344 g/mol. The largest absolute Gasteiger partial charge is 0.496 e. The number of hydrogen-bond acceptors (Lipinski definition) is 4. The van der Waals surface area contributed by atoms with Crippen LogP contribution in [0.5, 0.6) is 5.75 Å². The van der Waals surface area contributed by atoms with Crippen LogP contribution in [0.4, 0.5) is 0 Å². The molecule has 6 heteroatoms. The van der Waals surface area contributed by atoms with E-state index in [-0.39, 0.29) is 5.91 Å². The number of hydrogen-bond donors (Lipinski definition) is 2. The topological polar surface area (TPSA) is 80.4 Å². The minimum atomic E-state index is -0.415. The first-order valence-electron chi connectivity index (χ1n) is 8.25. The molecule has 0 unspecified atom stereocenters. The van der Waals surface area contributed by atoms with Crippen molar-refractivity contribution in [3.05, 3.63) is 52.3 Å². The molecular formula is C19H24N2O4. The molecule has 134 valence electrons. The van der Waals surface area contributed by atoms with E-state index in [0.29, 0.717) is 42.1 Å². The summed E-state index contributed by atoms with van der Waals surface area (Å²) >= 11 is 0. The first kappa shape index (κ1) is 18.6. The molecule has 0 spiro atoms. The van der Waals surface area contributed by atoms with E-state index in [1.165, 1.54) is 0 Å². The highest BCUT2D eigenvalue weighted by atomic mass is 16.5. The second-order valence-electron chi connectivity index (χ2n) is 5.66. The minimum Gasteiger partial charge on any atom is -0.496 e. The molecular weight excluding hydrogens is 320 g/mol. The van der Waals surface area contributed by atoms with Gasteiger partial charge in [0.05, 0.1) is 19.3 Å². The third kappa shape index (κ3) is 4.21. The molecule has 0 fully saturated rings. The Morgan fingerprint density at radius 1 is 1.20 bits per heavy atom. The van der Waals surface area contributed by atoms with E-state index in [1.807, 2.05) is 24.3 Å². The molecule has 0 aliphatic rings. The summed E-state index contributed by atoms with van der Waals surface area (Å²) in [6.07, 6.45) is 0.652. The second kappa shape index (κ2) is 8.37. The van der Waals surface area contributed by atoms with Crippen LogP contribution in [0.3, 0.4) is 0 Å². The smallest absolute Gasteiger partial charge is 0.340 e. The summed E-state index contributed by atoms with van der Waals surface area (Å²) in [7, 11) is 1.62. The van der Waals surface area contributed by atoms with Crippen LogP contribution in [0.25, 0.3) is 0 Å². The Labute approximate surface area is 147 Å². The number of amides is 1. The van der Waals surface area contributed by atoms with Gasteiger partial charge in [-0.2, -0.15) is 0 Å². The number of methoxy groups -OCH3 is 1. The lowest BCUT2D eigenvalue weighted by molar-refractivity contribution is 0.0525. The molecule has 2 rings (SSSR count). The monoisotopic (exact) mass is 344 g/mol. The molecule has 6 nitrogen and oxygen atoms in total. The summed E-state index contributed by atoms with van der Waals surface area (Å²) in [4.78, 5) is 27.4. The predicted octanol–water partition coefficient (Wildman–Crippen LogP) is 2.79. The van der Waals surface area contributed by atoms with Crippen LogP contribution in [0, 0.1) is 13.8 Å². The number of rotatable bonds is 7. The Balaban J connectivity index is 2.04. The fraction of sp³-hybridized carbons (Fsp3) is 0.368. The van der Waals surface area contributed by atoms with Crippen molar-refractivity contribution in [3.63, 3.8) is 0 Å². The summed E-state index contributed by atoms with van der Waals surface area (Å²) in [6, 6.07) is 7.70. The van der Waals surface area contributed by atoms with E-state index < -0.39 is 5.97 Å². The van der Waals surface area contributed by atoms with E-state index in [2.05, 4.69) is 10.3 Å². The van der Waals surface area contributed by atoms with Gasteiger partial charge in [0.15, 0.2) is 0 Å². The molecule has 0 saturated carbocycles. The summed E-state index contributed by atoms with van der Waals surface area (Å²) < 4.78 is 10.3. The Hall–Kier alpha value is -2.76. The minimum absolute atomic E-state index is 0.244. The van der Waals surface area contributed by atoms with Gasteiger partial charge in [0.25, 0.3) is 5.91 Å². The molecule has 25 heavy (non-hydrogen) atoms. The van der Waals surface area contributed by atoms with Gasteiger partial charge in [-0.15, -0.1) is 0 Å². The average Bonchev–Trinajstić information content (AvgIpc) is 2.90. The number of aromatic nitrogens is 1. The van der Waals surface area contributed by atoms with Gasteiger partial charge in [0.2, 0.25) is 0 Å². The van der Waals surface area contributed by atoms with Crippen molar-refractivity contribution in [1.82, 2.24) is 10.3 Å². The van der Waals surface area contributed by atoms with Crippen molar-refractivity contribution >= 4 is 11.9 Å². The van der Waals surface area contributed by atoms with Crippen molar-refractivity contribution < 1.29 is 19.1 Å². The quantitative estimate of drug-likeness (QED) is 0.757. The van der Waals surface area contributed by atoms with E-state index in [0.717, 1.165) is 11.3 Å². The third-order valence-corrected chi connectivity index (χ3v) is 4.02. The molecule has 0 bridgehead atoms. The number of H-pyrrole nitrogens is 1. The zero-order chi connectivity index (χ0) is 18.4. The number of carbonyl (C=O) groups is 2. The van der Waals surface area contributed by atoms with Crippen LogP contribution in [0.2, 0.25) is 0 Å². The number of para-hydroxylation sites is 1. The maximum absolute atomic E-state index is 12.4.